The molecule has 0 spiro atoms. The lowest BCUT2D eigenvalue weighted by atomic mass is 9.85. The summed E-state index contributed by atoms with van der Waals surface area (Å²) in [5, 5.41) is 3.53. The molecule has 34 heavy (non-hydrogen) atoms. The highest BCUT2D eigenvalue weighted by Crippen LogP contribution is 2.50. The van der Waals surface area contributed by atoms with E-state index >= 15 is 0 Å². The molecule has 4 nitrogen and oxygen atoms in total. The summed E-state index contributed by atoms with van der Waals surface area (Å²) in [7, 11) is 0. The Bertz CT molecular complexity index is 1280. The molecule has 1 atom stereocenters. The van der Waals surface area contributed by atoms with Crippen LogP contribution in [-0.4, -0.2) is 22.4 Å². The van der Waals surface area contributed by atoms with E-state index in [0.29, 0.717) is 5.56 Å². The van der Waals surface area contributed by atoms with Gasteiger partial charge in [0, 0.05) is 27.6 Å². The average Bonchev–Trinajstić information content (AvgIpc) is 3.19. The van der Waals surface area contributed by atoms with E-state index in [4.69, 9.17) is 28.0 Å². The lowest BCUT2D eigenvalue weighted by Crippen LogP contribution is -2.42. The number of oxime groups is 1. The van der Waals surface area contributed by atoms with Crippen LogP contribution in [0.15, 0.2) is 59.8 Å². The summed E-state index contributed by atoms with van der Waals surface area (Å²) < 4.78 is 42.5. The zero-order valence-electron chi connectivity index (χ0n) is 17.2. The molecule has 0 radical (unpaired) electrons. The molecule has 3 aromatic rings. The summed E-state index contributed by atoms with van der Waals surface area (Å²) in [4.78, 5) is 24.0. The van der Waals surface area contributed by atoms with Crippen LogP contribution in [0.1, 0.15) is 23.1 Å². The number of hydrogen-bond donors (Lipinski definition) is 0. The van der Waals surface area contributed by atoms with Gasteiger partial charge in [0.15, 0.2) is 0 Å². The molecule has 3 aromatic carbocycles. The number of halogens is 7. The van der Waals surface area contributed by atoms with Crippen molar-refractivity contribution in [3.05, 3.63) is 81.3 Å². The standard InChI is InChI=1S/C21H14Cl2F3NO.C2Cl2O2/c1-12-6-13-4-2-3-5-17(13)18(7-12)19-11-20(28-27-19,21(24,25)26)14-8-15(22)10-16(23)9-14;3-1(5)2(4)6/h2-10H,11H2,1H3;. The van der Waals surface area contributed by atoms with Crippen LogP contribution in [-0.2, 0) is 20.0 Å². The van der Waals surface area contributed by atoms with Gasteiger partial charge in [-0.25, -0.2) is 0 Å². The molecule has 1 aliphatic heterocycles. The van der Waals surface area contributed by atoms with Crippen molar-refractivity contribution in [1.82, 2.24) is 0 Å². The number of carbonyl (C=O) groups is 2. The van der Waals surface area contributed by atoms with E-state index < -0.39 is 28.7 Å². The minimum Gasteiger partial charge on any atom is -0.374 e. The third-order valence-electron chi connectivity index (χ3n) is 4.99. The van der Waals surface area contributed by atoms with Crippen molar-refractivity contribution < 1.29 is 27.6 Å². The molecule has 1 aliphatic rings. The molecular weight excluding hydrogens is 537 g/mol. The maximum Gasteiger partial charge on any atom is 0.435 e. The summed E-state index contributed by atoms with van der Waals surface area (Å²) in [5.41, 5.74) is -1.04. The van der Waals surface area contributed by atoms with Crippen molar-refractivity contribution in [2.75, 3.05) is 0 Å². The Morgan fingerprint density at radius 1 is 0.971 bits per heavy atom. The molecular formula is C23H14Cl4F3NO3. The fraction of sp³-hybridized carbons (Fsp3) is 0.174. The molecule has 0 N–H and O–H groups in total. The largest absolute Gasteiger partial charge is 0.435 e. The van der Waals surface area contributed by atoms with Gasteiger partial charge in [-0.1, -0.05) is 58.7 Å². The highest BCUT2D eigenvalue weighted by atomic mass is 35.5. The van der Waals surface area contributed by atoms with Crippen molar-refractivity contribution in [2.45, 2.75) is 25.1 Å². The number of nitrogens with zero attached hydrogens (tertiary/aromatic N) is 1. The summed E-state index contributed by atoms with van der Waals surface area (Å²) in [6.45, 7) is 1.89. The van der Waals surface area contributed by atoms with E-state index in [2.05, 4.69) is 28.4 Å². The summed E-state index contributed by atoms with van der Waals surface area (Å²) >= 11 is 20.9. The zero-order chi connectivity index (χ0) is 25.3. The van der Waals surface area contributed by atoms with E-state index in [1.54, 1.807) is 0 Å². The molecule has 0 bridgehead atoms. The van der Waals surface area contributed by atoms with E-state index in [-0.39, 0.29) is 21.3 Å². The van der Waals surface area contributed by atoms with Gasteiger partial charge in [0.2, 0.25) is 0 Å². The van der Waals surface area contributed by atoms with Crippen LogP contribution < -0.4 is 0 Å². The molecule has 1 unspecified atom stereocenters. The van der Waals surface area contributed by atoms with Gasteiger partial charge in [-0.2, -0.15) is 13.2 Å². The number of carbonyl (C=O) groups excluding carboxylic acids is 2. The monoisotopic (exact) mass is 549 g/mol. The first-order chi connectivity index (χ1) is 15.8. The summed E-state index contributed by atoms with van der Waals surface area (Å²) in [6.07, 6.45) is -5.19. The third kappa shape index (κ3) is 5.49. The lowest BCUT2D eigenvalue weighted by Gasteiger charge is -2.29. The maximum absolute atomic E-state index is 14.2. The van der Waals surface area contributed by atoms with E-state index in [0.717, 1.165) is 16.3 Å². The van der Waals surface area contributed by atoms with Crippen LogP contribution in [0.25, 0.3) is 10.8 Å². The lowest BCUT2D eigenvalue weighted by molar-refractivity contribution is -0.275. The number of fused-ring (bicyclic) bond motifs is 1. The first-order valence-electron chi connectivity index (χ1n) is 9.51. The smallest absolute Gasteiger partial charge is 0.374 e. The minimum atomic E-state index is -4.72. The van der Waals surface area contributed by atoms with Gasteiger partial charge in [-0.3, -0.25) is 9.59 Å². The number of hydrogen-bond acceptors (Lipinski definition) is 4. The van der Waals surface area contributed by atoms with E-state index in [1.807, 2.05) is 43.3 Å². The van der Waals surface area contributed by atoms with E-state index in [1.165, 1.54) is 18.2 Å². The van der Waals surface area contributed by atoms with Crippen LogP contribution >= 0.6 is 46.4 Å². The molecule has 4 rings (SSSR count). The van der Waals surface area contributed by atoms with Crippen molar-refractivity contribution in [3.8, 4) is 0 Å². The van der Waals surface area contributed by atoms with E-state index in [9.17, 15) is 22.8 Å². The number of aryl methyl sites for hydroxylation is 1. The van der Waals surface area contributed by atoms with Crippen molar-refractivity contribution >= 4 is 73.4 Å². The molecule has 1 heterocycles. The zero-order valence-corrected chi connectivity index (χ0v) is 20.2. The molecule has 178 valence electrons. The SMILES string of the molecule is Cc1cc(C2=NOC(c3cc(Cl)cc(Cl)c3)(C(F)(F)F)C2)c2ccccc2c1.O=C(Cl)C(=O)Cl. The maximum atomic E-state index is 14.2. The summed E-state index contributed by atoms with van der Waals surface area (Å²) in [5.74, 6) is 0. The van der Waals surface area contributed by atoms with Gasteiger partial charge in [0.1, 0.15) is 0 Å². The second kappa shape index (κ2) is 10.1. The fourth-order valence-electron chi connectivity index (χ4n) is 3.53. The second-order valence-corrected chi connectivity index (χ2v) is 8.93. The van der Waals surface area contributed by atoms with Gasteiger partial charge in [-0.15, -0.1) is 0 Å². The normalized spacial score (nSPS) is 17.5. The Kier molecular flexibility index (Phi) is 7.82. The molecule has 0 saturated carbocycles. The summed E-state index contributed by atoms with van der Waals surface area (Å²) in [6, 6.07) is 15.1. The molecule has 11 heteroatoms. The van der Waals surface area contributed by atoms with Crippen molar-refractivity contribution in [3.63, 3.8) is 0 Å². The Hall–Kier alpha value is -2.32. The second-order valence-electron chi connectivity index (χ2n) is 7.37. The highest BCUT2D eigenvalue weighted by molar-refractivity contribution is 6.97. The number of benzene rings is 3. The topological polar surface area (TPSA) is 55.7 Å². The predicted octanol–water partition coefficient (Wildman–Crippen LogP) is 7.55. The third-order valence-corrected chi connectivity index (χ3v) is 5.86. The Labute approximate surface area is 212 Å². The van der Waals surface area contributed by atoms with Crippen molar-refractivity contribution in [1.29, 1.82) is 0 Å². The van der Waals surface area contributed by atoms with Crippen LogP contribution in [0, 0.1) is 6.92 Å². The average molecular weight is 551 g/mol. The van der Waals surface area contributed by atoms with Crippen LogP contribution in [0.5, 0.6) is 0 Å². The number of alkyl halides is 3. The fourth-order valence-corrected chi connectivity index (χ4v) is 4.06. The predicted molar refractivity (Wildman–Crippen MR) is 127 cm³/mol. The Morgan fingerprint density at radius 2 is 1.56 bits per heavy atom. The van der Waals surface area contributed by atoms with Gasteiger partial charge < -0.3 is 4.84 Å². The van der Waals surface area contributed by atoms with Gasteiger partial charge >= 0.3 is 16.7 Å². The van der Waals surface area contributed by atoms with Gasteiger partial charge in [-0.05, 0) is 70.7 Å². The van der Waals surface area contributed by atoms with Crippen molar-refractivity contribution in [2.24, 2.45) is 5.16 Å². The van der Waals surface area contributed by atoms with Crippen LogP contribution in [0.4, 0.5) is 13.2 Å². The van der Waals surface area contributed by atoms with Gasteiger partial charge in [0.05, 0.1) is 5.71 Å². The molecule has 0 aliphatic carbocycles. The quantitative estimate of drug-likeness (QED) is 0.250. The van der Waals surface area contributed by atoms with Crippen LogP contribution in [0.3, 0.4) is 0 Å². The molecule has 0 aromatic heterocycles. The molecule has 0 amide bonds. The Balaban J connectivity index is 0.000000481. The van der Waals surface area contributed by atoms with Crippen LogP contribution in [0.2, 0.25) is 10.0 Å². The number of rotatable bonds is 3. The molecule has 0 saturated heterocycles. The highest BCUT2D eigenvalue weighted by Gasteiger charge is 2.62. The Morgan fingerprint density at radius 3 is 2.12 bits per heavy atom. The first-order valence-corrected chi connectivity index (χ1v) is 11.0. The molecule has 0 fully saturated rings. The first kappa shape index (κ1) is 26.3. The van der Waals surface area contributed by atoms with Gasteiger partial charge in [0.25, 0.3) is 5.60 Å². The minimum absolute atomic E-state index is 0.101.